The van der Waals surface area contributed by atoms with Crippen molar-refractivity contribution < 1.29 is 19.1 Å². The Bertz CT molecular complexity index is 843. The standard InChI is InChI=1S/C16H15IN2O5/c1-4-11-12(15(21)23-2)14(20)13(16(22)24-3)18-19(11)10-7-5-9(17)6-8-10/h5-8H,4H2,1-3H3. The monoisotopic (exact) mass is 442 g/mol. The number of hydrogen-bond donors (Lipinski definition) is 0. The number of hydrogen-bond acceptors (Lipinski definition) is 6. The van der Waals surface area contributed by atoms with E-state index in [1.54, 1.807) is 19.1 Å². The van der Waals surface area contributed by atoms with Gasteiger partial charge < -0.3 is 9.47 Å². The highest BCUT2D eigenvalue weighted by Gasteiger charge is 2.26. The third-order valence-electron chi connectivity index (χ3n) is 3.36. The van der Waals surface area contributed by atoms with E-state index in [4.69, 9.17) is 4.74 Å². The van der Waals surface area contributed by atoms with Crippen LogP contribution in [0.4, 0.5) is 0 Å². The van der Waals surface area contributed by atoms with E-state index >= 15 is 0 Å². The van der Waals surface area contributed by atoms with Crippen LogP contribution in [0.1, 0.15) is 33.5 Å². The van der Waals surface area contributed by atoms with Crippen LogP contribution in [0.3, 0.4) is 0 Å². The highest BCUT2D eigenvalue weighted by atomic mass is 127. The second-order valence-corrected chi connectivity index (χ2v) is 5.97. The highest BCUT2D eigenvalue weighted by molar-refractivity contribution is 14.1. The quantitative estimate of drug-likeness (QED) is 0.532. The van der Waals surface area contributed by atoms with Crippen molar-refractivity contribution in [2.24, 2.45) is 0 Å². The van der Waals surface area contributed by atoms with Crippen molar-refractivity contribution in [1.29, 1.82) is 0 Å². The van der Waals surface area contributed by atoms with Gasteiger partial charge in [0.15, 0.2) is 0 Å². The lowest BCUT2D eigenvalue weighted by Gasteiger charge is -2.15. The zero-order valence-electron chi connectivity index (χ0n) is 13.3. The number of ether oxygens (including phenoxy) is 2. The molecule has 2 aromatic rings. The number of rotatable bonds is 4. The molecule has 0 fully saturated rings. The molecular formula is C16H15IN2O5. The summed E-state index contributed by atoms with van der Waals surface area (Å²) in [4.78, 5) is 36.5. The molecule has 8 heteroatoms. The molecule has 0 unspecified atom stereocenters. The second-order valence-electron chi connectivity index (χ2n) is 4.72. The van der Waals surface area contributed by atoms with E-state index in [1.165, 1.54) is 11.8 Å². The van der Waals surface area contributed by atoms with E-state index < -0.39 is 23.1 Å². The predicted molar refractivity (Wildman–Crippen MR) is 94.6 cm³/mol. The summed E-state index contributed by atoms with van der Waals surface area (Å²) in [6.45, 7) is 1.78. The van der Waals surface area contributed by atoms with Crippen molar-refractivity contribution in [2.45, 2.75) is 13.3 Å². The first-order chi connectivity index (χ1) is 11.4. The molecule has 24 heavy (non-hydrogen) atoms. The van der Waals surface area contributed by atoms with E-state index in [2.05, 4.69) is 32.4 Å². The fraction of sp³-hybridized carbons (Fsp3) is 0.250. The lowest BCUT2D eigenvalue weighted by Crippen LogP contribution is -2.31. The second kappa shape index (κ2) is 7.56. The van der Waals surface area contributed by atoms with Gasteiger partial charge in [-0.05, 0) is 53.3 Å². The summed E-state index contributed by atoms with van der Waals surface area (Å²) >= 11 is 2.16. The highest BCUT2D eigenvalue weighted by Crippen LogP contribution is 2.16. The van der Waals surface area contributed by atoms with Gasteiger partial charge in [-0.15, -0.1) is 0 Å². The first-order valence-electron chi connectivity index (χ1n) is 7.03. The van der Waals surface area contributed by atoms with Crippen molar-refractivity contribution in [3.63, 3.8) is 0 Å². The fourth-order valence-electron chi connectivity index (χ4n) is 2.23. The first-order valence-corrected chi connectivity index (χ1v) is 8.11. The molecule has 0 spiro atoms. The maximum Gasteiger partial charge on any atom is 0.362 e. The van der Waals surface area contributed by atoms with Gasteiger partial charge in [0.25, 0.3) is 0 Å². The Balaban J connectivity index is 2.87. The van der Waals surface area contributed by atoms with Crippen molar-refractivity contribution >= 4 is 34.5 Å². The number of carbonyl (C=O) groups is 2. The number of halogens is 1. The lowest BCUT2D eigenvalue weighted by atomic mass is 10.1. The SMILES string of the molecule is CCc1c(C(=O)OC)c(=O)c(C(=O)OC)nn1-c1ccc(I)cc1. The number of nitrogens with zero attached hydrogens (tertiary/aromatic N) is 2. The normalized spacial score (nSPS) is 10.3. The number of benzene rings is 1. The summed E-state index contributed by atoms with van der Waals surface area (Å²) in [6.07, 6.45) is 0.347. The summed E-state index contributed by atoms with van der Waals surface area (Å²) in [5.74, 6) is -1.73. The average molecular weight is 442 g/mol. The summed E-state index contributed by atoms with van der Waals surface area (Å²) < 4.78 is 11.7. The third kappa shape index (κ3) is 3.32. The van der Waals surface area contributed by atoms with E-state index in [0.717, 1.165) is 10.7 Å². The molecule has 0 radical (unpaired) electrons. The van der Waals surface area contributed by atoms with Crippen LogP contribution >= 0.6 is 22.6 Å². The van der Waals surface area contributed by atoms with Crippen LogP contribution in [0, 0.1) is 3.57 Å². The van der Waals surface area contributed by atoms with Crippen LogP contribution < -0.4 is 5.43 Å². The topological polar surface area (TPSA) is 87.5 Å². The van der Waals surface area contributed by atoms with E-state index in [1.807, 2.05) is 12.1 Å². The molecule has 126 valence electrons. The first kappa shape index (κ1) is 18.1. The number of methoxy groups -OCH3 is 2. The van der Waals surface area contributed by atoms with Gasteiger partial charge in [0, 0.05) is 3.57 Å². The van der Waals surface area contributed by atoms with Gasteiger partial charge in [0.2, 0.25) is 11.1 Å². The van der Waals surface area contributed by atoms with Gasteiger partial charge in [0.05, 0.1) is 25.6 Å². The molecule has 0 aliphatic carbocycles. The van der Waals surface area contributed by atoms with E-state index in [-0.39, 0.29) is 5.56 Å². The lowest BCUT2D eigenvalue weighted by molar-refractivity contribution is 0.0586. The molecule has 0 aliphatic heterocycles. The maximum absolute atomic E-state index is 12.5. The number of carbonyl (C=O) groups excluding carboxylic acids is 2. The van der Waals surface area contributed by atoms with Crippen LogP contribution in [-0.4, -0.2) is 35.9 Å². The van der Waals surface area contributed by atoms with Crippen LogP contribution in [-0.2, 0) is 15.9 Å². The van der Waals surface area contributed by atoms with E-state index in [0.29, 0.717) is 17.8 Å². The molecule has 0 saturated heterocycles. The van der Waals surface area contributed by atoms with Gasteiger partial charge >= 0.3 is 11.9 Å². The molecule has 1 aromatic heterocycles. The van der Waals surface area contributed by atoms with Gasteiger partial charge in [-0.3, -0.25) is 4.79 Å². The number of aromatic nitrogens is 2. The van der Waals surface area contributed by atoms with Crippen LogP contribution in [0.5, 0.6) is 0 Å². The zero-order chi connectivity index (χ0) is 17.9. The molecule has 1 aromatic carbocycles. The Labute approximate surface area is 151 Å². The largest absolute Gasteiger partial charge is 0.465 e. The number of esters is 2. The summed E-state index contributed by atoms with van der Waals surface area (Å²) in [7, 11) is 2.32. The Morgan fingerprint density at radius 2 is 1.71 bits per heavy atom. The minimum atomic E-state index is -0.910. The predicted octanol–water partition coefficient (Wildman–Crippen LogP) is 1.97. The molecule has 0 aliphatic rings. The molecule has 0 amide bonds. The van der Waals surface area contributed by atoms with Gasteiger partial charge in [-0.2, -0.15) is 5.10 Å². The molecule has 0 bridgehead atoms. The fourth-order valence-corrected chi connectivity index (χ4v) is 2.59. The minimum Gasteiger partial charge on any atom is -0.465 e. The maximum atomic E-state index is 12.5. The summed E-state index contributed by atoms with van der Waals surface area (Å²) in [5.41, 5.74) is -0.502. The zero-order valence-corrected chi connectivity index (χ0v) is 15.5. The Morgan fingerprint density at radius 3 is 2.21 bits per heavy atom. The van der Waals surface area contributed by atoms with Crippen molar-refractivity contribution in [2.75, 3.05) is 14.2 Å². The molecule has 0 atom stereocenters. The summed E-state index contributed by atoms with van der Waals surface area (Å²) in [6, 6.07) is 7.26. The Hall–Kier alpha value is -2.23. The third-order valence-corrected chi connectivity index (χ3v) is 4.08. The molecule has 1 heterocycles. The molecule has 0 saturated carbocycles. The Morgan fingerprint density at radius 1 is 1.12 bits per heavy atom. The van der Waals surface area contributed by atoms with Crippen molar-refractivity contribution in [3.8, 4) is 5.69 Å². The van der Waals surface area contributed by atoms with Crippen LogP contribution in [0.2, 0.25) is 0 Å². The van der Waals surface area contributed by atoms with Crippen molar-refractivity contribution in [1.82, 2.24) is 9.78 Å². The molecular weight excluding hydrogens is 427 g/mol. The minimum absolute atomic E-state index is 0.214. The van der Waals surface area contributed by atoms with Crippen LogP contribution in [0.15, 0.2) is 29.1 Å². The smallest absolute Gasteiger partial charge is 0.362 e. The van der Waals surface area contributed by atoms with Gasteiger partial charge in [-0.25, -0.2) is 14.3 Å². The van der Waals surface area contributed by atoms with Crippen LogP contribution in [0.25, 0.3) is 5.69 Å². The van der Waals surface area contributed by atoms with Gasteiger partial charge in [-0.1, -0.05) is 6.92 Å². The molecule has 0 N–H and O–H groups in total. The Kier molecular flexibility index (Phi) is 5.71. The molecule has 2 rings (SSSR count). The average Bonchev–Trinajstić information content (AvgIpc) is 2.60. The molecule has 7 nitrogen and oxygen atoms in total. The van der Waals surface area contributed by atoms with E-state index in [9.17, 15) is 14.4 Å². The van der Waals surface area contributed by atoms with Gasteiger partial charge in [0.1, 0.15) is 5.56 Å². The summed E-state index contributed by atoms with van der Waals surface area (Å²) in [5, 5.41) is 4.11. The van der Waals surface area contributed by atoms with Crippen molar-refractivity contribution in [3.05, 3.63) is 55.0 Å².